The second-order valence-electron chi connectivity index (χ2n) is 4.33. The highest BCUT2D eigenvalue weighted by atomic mass is 35.5. The largest absolute Gasteiger partial charge is 0.355 e. The molecule has 0 radical (unpaired) electrons. The lowest BCUT2D eigenvalue weighted by molar-refractivity contribution is -0.121. The molecule has 21 heavy (non-hydrogen) atoms. The normalized spacial score (nSPS) is 10.8. The maximum absolute atomic E-state index is 12.0. The lowest BCUT2D eigenvalue weighted by atomic mass is 10.3. The Balaban J connectivity index is 0.00000400. The lowest BCUT2D eigenvalue weighted by Gasteiger charge is -2.07. The van der Waals surface area contributed by atoms with Gasteiger partial charge in [0.15, 0.2) is 9.84 Å². The minimum atomic E-state index is -3.38. The number of amides is 1. The van der Waals surface area contributed by atoms with E-state index in [1.54, 1.807) is 0 Å². The summed E-state index contributed by atoms with van der Waals surface area (Å²) in [7, 11) is -1.57. The molecule has 1 aromatic rings. The molecule has 0 aliphatic heterocycles. The van der Waals surface area contributed by atoms with Crippen molar-refractivity contribution in [3.63, 3.8) is 0 Å². The molecule has 0 aliphatic carbocycles. The van der Waals surface area contributed by atoms with Crippen LogP contribution < -0.4 is 10.6 Å². The summed E-state index contributed by atoms with van der Waals surface area (Å²) in [5, 5.41) is 6.04. The standard InChI is InChI=1S/C13H19ClN2O3S.ClH/c1-15-8-2-3-13(17)16-9-10-20(18,19)12-6-4-11(14)5-7-12;/h4-7,15H,2-3,8-10H2,1H3,(H,16,17);1H. The minimum Gasteiger partial charge on any atom is -0.355 e. The zero-order chi connectivity index (χ0) is 15.0. The molecular weight excluding hydrogens is 335 g/mol. The van der Waals surface area contributed by atoms with Crippen LogP contribution in [0.25, 0.3) is 0 Å². The molecule has 0 aliphatic rings. The average molecular weight is 355 g/mol. The van der Waals surface area contributed by atoms with Gasteiger partial charge in [-0.15, -0.1) is 12.4 Å². The monoisotopic (exact) mass is 354 g/mol. The number of sulfone groups is 1. The highest BCUT2D eigenvalue weighted by Gasteiger charge is 2.14. The fourth-order valence-corrected chi connectivity index (χ4v) is 2.88. The topological polar surface area (TPSA) is 75.3 Å². The van der Waals surface area contributed by atoms with Crippen LogP contribution in [-0.4, -0.2) is 40.2 Å². The molecule has 8 heteroatoms. The lowest BCUT2D eigenvalue weighted by Crippen LogP contribution is -2.29. The van der Waals surface area contributed by atoms with Crippen molar-refractivity contribution in [2.75, 3.05) is 25.9 Å². The van der Waals surface area contributed by atoms with Crippen LogP contribution in [0.2, 0.25) is 5.02 Å². The fourth-order valence-electron chi connectivity index (χ4n) is 1.60. The Kier molecular flexibility index (Phi) is 9.61. The summed E-state index contributed by atoms with van der Waals surface area (Å²) in [6, 6.07) is 5.99. The Morgan fingerprint density at radius 1 is 1.19 bits per heavy atom. The van der Waals surface area contributed by atoms with Crippen molar-refractivity contribution in [3.05, 3.63) is 29.3 Å². The van der Waals surface area contributed by atoms with Crippen LogP contribution in [0, 0.1) is 0 Å². The molecule has 0 fully saturated rings. The van der Waals surface area contributed by atoms with E-state index in [4.69, 9.17) is 11.6 Å². The van der Waals surface area contributed by atoms with Crippen LogP contribution in [0.5, 0.6) is 0 Å². The molecule has 0 unspecified atom stereocenters. The van der Waals surface area contributed by atoms with E-state index in [2.05, 4.69) is 10.6 Å². The Hall–Kier alpha value is -0.820. The van der Waals surface area contributed by atoms with Crippen LogP contribution in [0.3, 0.4) is 0 Å². The van der Waals surface area contributed by atoms with Gasteiger partial charge in [-0.25, -0.2) is 8.42 Å². The molecule has 0 saturated heterocycles. The first-order chi connectivity index (χ1) is 9.45. The van der Waals surface area contributed by atoms with Gasteiger partial charge >= 0.3 is 0 Å². The zero-order valence-corrected chi connectivity index (χ0v) is 14.2. The quantitative estimate of drug-likeness (QED) is 0.696. The molecule has 5 nitrogen and oxygen atoms in total. The Labute approximate surface area is 136 Å². The van der Waals surface area contributed by atoms with E-state index in [-0.39, 0.29) is 35.5 Å². The van der Waals surface area contributed by atoms with Gasteiger partial charge in [0, 0.05) is 18.0 Å². The molecule has 1 rings (SSSR count). The van der Waals surface area contributed by atoms with E-state index < -0.39 is 9.84 Å². The van der Waals surface area contributed by atoms with Crippen molar-refractivity contribution in [1.82, 2.24) is 10.6 Å². The van der Waals surface area contributed by atoms with Gasteiger partial charge in [0.1, 0.15) is 0 Å². The van der Waals surface area contributed by atoms with Crippen molar-refractivity contribution in [2.45, 2.75) is 17.7 Å². The number of carbonyl (C=O) groups excluding carboxylic acids is 1. The Morgan fingerprint density at radius 3 is 2.38 bits per heavy atom. The smallest absolute Gasteiger partial charge is 0.220 e. The zero-order valence-electron chi connectivity index (χ0n) is 11.8. The maximum atomic E-state index is 12.0. The second-order valence-corrected chi connectivity index (χ2v) is 6.88. The van der Waals surface area contributed by atoms with Crippen molar-refractivity contribution < 1.29 is 13.2 Å². The summed E-state index contributed by atoms with van der Waals surface area (Å²) in [4.78, 5) is 11.6. The summed E-state index contributed by atoms with van der Waals surface area (Å²) >= 11 is 5.71. The number of benzene rings is 1. The first-order valence-corrected chi connectivity index (χ1v) is 8.38. The number of hydrogen-bond donors (Lipinski definition) is 2. The molecule has 2 N–H and O–H groups in total. The van der Waals surface area contributed by atoms with Crippen molar-refractivity contribution in [3.8, 4) is 0 Å². The SMILES string of the molecule is CNCCCC(=O)NCCS(=O)(=O)c1ccc(Cl)cc1.Cl. The van der Waals surface area contributed by atoms with E-state index in [0.717, 1.165) is 13.0 Å². The van der Waals surface area contributed by atoms with Gasteiger partial charge in [-0.2, -0.15) is 0 Å². The highest BCUT2D eigenvalue weighted by molar-refractivity contribution is 7.91. The van der Waals surface area contributed by atoms with Gasteiger partial charge in [-0.1, -0.05) is 11.6 Å². The number of nitrogens with one attached hydrogen (secondary N) is 2. The predicted molar refractivity (Wildman–Crippen MR) is 86.9 cm³/mol. The molecular formula is C13H20Cl2N2O3S. The van der Waals surface area contributed by atoms with Crippen LogP contribution in [0.4, 0.5) is 0 Å². The van der Waals surface area contributed by atoms with Crippen LogP contribution in [0.15, 0.2) is 29.2 Å². The van der Waals surface area contributed by atoms with Crippen LogP contribution >= 0.6 is 24.0 Å². The number of carbonyl (C=O) groups is 1. The molecule has 0 heterocycles. The summed E-state index contributed by atoms with van der Waals surface area (Å²) in [5.74, 6) is -0.251. The molecule has 0 aromatic heterocycles. The predicted octanol–water partition coefficient (Wildman–Crippen LogP) is 1.65. The van der Waals surface area contributed by atoms with E-state index in [1.165, 1.54) is 24.3 Å². The van der Waals surface area contributed by atoms with Gasteiger partial charge in [0.25, 0.3) is 0 Å². The third kappa shape index (κ3) is 7.66. The molecule has 1 amide bonds. The molecule has 1 aromatic carbocycles. The number of hydrogen-bond acceptors (Lipinski definition) is 4. The average Bonchev–Trinajstić information content (AvgIpc) is 2.39. The van der Waals surface area contributed by atoms with Crippen LogP contribution in [0.1, 0.15) is 12.8 Å². The summed E-state index contributed by atoms with van der Waals surface area (Å²) < 4.78 is 24.0. The van der Waals surface area contributed by atoms with Crippen molar-refractivity contribution in [2.24, 2.45) is 0 Å². The summed E-state index contributed by atoms with van der Waals surface area (Å²) in [6.45, 7) is 0.875. The molecule has 0 atom stereocenters. The van der Waals surface area contributed by atoms with Gasteiger partial charge in [0.2, 0.25) is 5.91 Å². The third-order valence-electron chi connectivity index (χ3n) is 2.70. The summed E-state index contributed by atoms with van der Waals surface area (Å²) in [6.07, 6.45) is 1.12. The number of halogens is 2. The molecule has 120 valence electrons. The Morgan fingerprint density at radius 2 is 1.81 bits per heavy atom. The third-order valence-corrected chi connectivity index (χ3v) is 4.68. The maximum Gasteiger partial charge on any atom is 0.220 e. The highest BCUT2D eigenvalue weighted by Crippen LogP contribution is 2.15. The molecule has 0 bridgehead atoms. The van der Waals surface area contributed by atoms with Gasteiger partial charge < -0.3 is 10.6 Å². The summed E-state index contributed by atoms with van der Waals surface area (Å²) in [5.41, 5.74) is 0. The van der Waals surface area contributed by atoms with E-state index in [0.29, 0.717) is 11.4 Å². The number of rotatable bonds is 8. The van der Waals surface area contributed by atoms with Crippen molar-refractivity contribution >= 4 is 39.8 Å². The van der Waals surface area contributed by atoms with E-state index >= 15 is 0 Å². The fraction of sp³-hybridized carbons (Fsp3) is 0.462. The van der Waals surface area contributed by atoms with Crippen molar-refractivity contribution in [1.29, 1.82) is 0 Å². The minimum absolute atomic E-state index is 0. The Bertz CT molecular complexity index is 533. The molecule has 0 spiro atoms. The van der Waals surface area contributed by atoms with Gasteiger partial charge in [0.05, 0.1) is 10.6 Å². The van der Waals surface area contributed by atoms with E-state index in [1.807, 2.05) is 7.05 Å². The first-order valence-electron chi connectivity index (χ1n) is 6.35. The van der Waals surface area contributed by atoms with Gasteiger partial charge in [-0.05, 0) is 44.3 Å². The first kappa shape index (κ1) is 20.2. The van der Waals surface area contributed by atoms with E-state index in [9.17, 15) is 13.2 Å². The second kappa shape index (κ2) is 10.00. The van der Waals surface area contributed by atoms with Crippen LogP contribution in [-0.2, 0) is 14.6 Å². The molecule has 0 saturated carbocycles. The van der Waals surface area contributed by atoms with Gasteiger partial charge in [-0.3, -0.25) is 4.79 Å².